The molecule has 6 heteroatoms. The first-order chi connectivity index (χ1) is 13.7. The Bertz CT molecular complexity index is 879. The second-order valence-electron chi connectivity index (χ2n) is 8.07. The smallest absolute Gasteiger partial charge is 0.312 e. The van der Waals surface area contributed by atoms with Gasteiger partial charge in [0.15, 0.2) is 0 Å². The zero-order valence-corrected chi connectivity index (χ0v) is 15.8. The molecule has 1 aromatic carbocycles. The lowest BCUT2D eigenvalue weighted by Gasteiger charge is -2.49. The predicted octanol–water partition coefficient (Wildman–Crippen LogP) is 2.79. The number of carbonyl (C=O) groups is 2. The molecule has 2 aromatic rings. The lowest BCUT2D eigenvalue weighted by atomic mass is 9.88. The van der Waals surface area contributed by atoms with Gasteiger partial charge in [-0.15, -0.1) is 0 Å². The topological polar surface area (TPSA) is 66.4 Å². The van der Waals surface area contributed by atoms with Crippen molar-refractivity contribution in [2.24, 2.45) is 0 Å². The first-order valence-corrected chi connectivity index (χ1v) is 10.2. The Labute approximate surface area is 164 Å². The Morgan fingerprint density at radius 3 is 2.25 bits per heavy atom. The normalized spacial score (nSPS) is 25.0. The molecule has 0 radical (unpaired) electrons. The van der Waals surface area contributed by atoms with Crippen molar-refractivity contribution in [3.63, 3.8) is 0 Å². The molecule has 1 aliphatic heterocycles. The summed E-state index contributed by atoms with van der Waals surface area (Å²) >= 11 is 0. The van der Waals surface area contributed by atoms with Crippen LogP contribution < -0.4 is 0 Å². The molecule has 28 heavy (non-hydrogen) atoms. The summed E-state index contributed by atoms with van der Waals surface area (Å²) in [5, 5.41) is 8.66. The van der Waals surface area contributed by atoms with Crippen molar-refractivity contribution < 1.29 is 9.59 Å². The van der Waals surface area contributed by atoms with E-state index >= 15 is 0 Å². The van der Waals surface area contributed by atoms with Gasteiger partial charge in [-0.1, -0.05) is 30.3 Å². The third-order valence-electron chi connectivity index (χ3n) is 6.47. The third kappa shape index (κ3) is 2.87. The molecule has 3 aliphatic rings. The summed E-state index contributed by atoms with van der Waals surface area (Å²) in [6, 6.07) is 14.3. The molecule has 0 bridgehead atoms. The summed E-state index contributed by atoms with van der Waals surface area (Å²) in [6.45, 7) is 0.353. The molecule has 2 atom stereocenters. The fraction of sp³-hybridized carbons (Fsp3) is 0.455. The van der Waals surface area contributed by atoms with E-state index in [1.165, 1.54) is 0 Å². The Kier molecular flexibility index (Phi) is 4.34. The van der Waals surface area contributed by atoms with E-state index in [1.807, 2.05) is 47.4 Å². The van der Waals surface area contributed by atoms with Crippen molar-refractivity contribution in [3.05, 3.63) is 48.2 Å². The molecule has 2 saturated carbocycles. The van der Waals surface area contributed by atoms with Crippen LogP contribution in [0.4, 0.5) is 0 Å². The molecule has 0 spiro atoms. The van der Waals surface area contributed by atoms with E-state index in [-0.39, 0.29) is 29.9 Å². The number of rotatable bonds is 4. The van der Waals surface area contributed by atoms with Gasteiger partial charge in [-0.2, -0.15) is 10.2 Å². The molecule has 1 saturated heterocycles. The number of aromatic nitrogens is 2. The van der Waals surface area contributed by atoms with E-state index in [9.17, 15) is 9.59 Å². The molecule has 0 N–H and O–H groups in total. The number of hydrogen-bond donors (Lipinski definition) is 0. The molecule has 144 valence electrons. The average Bonchev–Trinajstić information content (AvgIpc) is 3.17. The highest BCUT2D eigenvalue weighted by Gasteiger charge is 2.50. The summed E-state index contributed by atoms with van der Waals surface area (Å²) in [5.41, 5.74) is 2.54. The van der Waals surface area contributed by atoms with Gasteiger partial charge in [0.05, 0.1) is 30.0 Å². The molecule has 2 amide bonds. The third-order valence-corrected chi connectivity index (χ3v) is 6.47. The first-order valence-electron chi connectivity index (χ1n) is 10.2. The highest BCUT2D eigenvalue weighted by molar-refractivity contribution is 6.35. The fourth-order valence-corrected chi connectivity index (χ4v) is 4.82. The van der Waals surface area contributed by atoms with E-state index in [2.05, 4.69) is 10.2 Å². The van der Waals surface area contributed by atoms with Crippen LogP contribution in [0.1, 0.15) is 44.2 Å². The van der Waals surface area contributed by atoms with Crippen LogP contribution in [0.2, 0.25) is 0 Å². The monoisotopic (exact) mass is 376 g/mol. The maximum atomic E-state index is 12.9. The van der Waals surface area contributed by atoms with Gasteiger partial charge in [0.1, 0.15) is 0 Å². The number of benzene rings is 1. The zero-order valence-electron chi connectivity index (χ0n) is 15.8. The summed E-state index contributed by atoms with van der Waals surface area (Å²) in [6.07, 6.45) is 6.25. The molecule has 3 fully saturated rings. The predicted molar refractivity (Wildman–Crippen MR) is 104 cm³/mol. The van der Waals surface area contributed by atoms with Crippen molar-refractivity contribution in [2.45, 2.75) is 63.2 Å². The number of piperazine rings is 1. The van der Waals surface area contributed by atoms with Crippen LogP contribution in [0.5, 0.6) is 0 Å². The van der Waals surface area contributed by atoms with E-state index in [0.717, 1.165) is 55.5 Å². The Hall–Kier alpha value is -2.76. The van der Waals surface area contributed by atoms with Gasteiger partial charge in [-0.05, 0) is 50.7 Å². The standard InChI is InChI=1S/C22H24N4O2/c27-21-22(28)26(17-8-4-9-17)20-11-5-10-19(20)25(21)14-16-12-13-18(24-23-16)15-6-2-1-3-7-15/h1-3,6-7,12-13,17,19-20H,4-5,8-11,14H2. The molecule has 1 aromatic heterocycles. The summed E-state index contributed by atoms with van der Waals surface area (Å²) in [5.74, 6) is -0.689. The molecular weight excluding hydrogens is 352 g/mol. The highest BCUT2D eigenvalue weighted by Crippen LogP contribution is 2.38. The highest BCUT2D eigenvalue weighted by atomic mass is 16.2. The molecule has 6 nitrogen and oxygen atoms in total. The van der Waals surface area contributed by atoms with Gasteiger partial charge in [0.25, 0.3) is 0 Å². The number of nitrogens with zero attached hydrogens (tertiary/aromatic N) is 4. The minimum absolute atomic E-state index is 0.112. The van der Waals surface area contributed by atoms with E-state index < -0.39 is 0 Å². The lowest BCUT2D eigenvalue weighted by molar-refractivity contribution is -0.166. The van der Waals surface area contributed by atoms with Gasteiger partial charge < -0.3 is 9.80 Å². The second kappa shape index (κ2) is 7.00. The lowest BCUT2D eigenvalue weighted by Crippen LogP contribution is -2.66. The number of hydrogen-bond acceptors (Lipinski definition) is 4. The fourth-order valence-electron chi connectivity index (χ4n) is 4.82. The average molecular weight is 376 g/mol. The molecule has 2 heterocycles. The molecule has 5 rings (SSSR count). The van der Waals surface area contributed by atoms with Crippen LogP contribution >= 0.6 is 0 Å². The minimum Gasteiger partial charge on any atom is -0.326 e. The summed E-state index contributed by atoms with van der Waals surface area (Å²) < 4.78 is 0. The van der Waals surface area contributed by atoms with Gasteiger partial charge in [0.2, 0.25) is 0 Å². The van der Waals surface area contributed by atoms with Gasteiger partial charge in [-0.25, -0.2) is 0 Å². The van der Waals surface area contributed by atoms with E-state index in [1.54, 1.807) is 4.90 Å². The minimum atomic E-state index is -0.371. The first kappa shape index (κ1) is 17.3. The van der Waals surface area contributed by atoms with Gasteiger partial charge in [-0.3, -0.25) is 9.59 Å². The van der Waals surface area contributed by atoms with Crippen molar-refractivity contribution in [1.29, 1.82) is 0 Å². The largest absolute Gasteiger partial charge is 0.326 e. The second-order valence-corrected chi connectivity index (χ2v) is 8.07. The number of amides is 2. The van der Waals surface area contributed by atoms with Crippen LogP contribution in [0, 0.1) is 0 Å². The van der Waals surface area contributed by atoms with Crippen LogP contribution in [0.25, 0.3) is 11.3 Å². The van der Waals surface area contributed by atoms with E-state index in [4.69, 9.17) is 0 Å². The number of fused-ring (bicyclic) bond motifs is 1. The Morgan fingerprint density at radius 2 is 1.57 bits per heavy atom. The van der Waals surface area contributed by atoms with Crippen LogP contribution in [0.15, 0.2) is 42.5 Å². The maximum Gasteiger partial charge on any atom is 0.312 e. The van der Waals surface area contributed by atoms with Crippen LogP contribution in [-0.4, -0.2) is 49.9 Å². The Morgan fingerprint density at radius 1 is 0.821 bits per heavy atom. The van der Waals surface area contributed by atoms with Gasteiger partial charge in [0, 0.05) is 11.6 Å². The maximum absolute atomic E-state index is 12.9. The summed E-state index contributed by atoms with van der Waals surface area (Å²) in [7, 11) is 0. The van der Waals surface area contributed by atoms with E-state index in [0.29, 0.717) is 6.54 Å². The van der Waals surface area contributed by atoms with Crippen molar-refractivity contribution >= 4 is 11.8 Å². The van der Waals surface area contributed by atoms with Crippen molar-refractivity contribution in [2.75, 3.05) is 0 Å². The van der Waals surface area contributed by atoms with Gasteiger partial charge >= 0.3 is 11.8 Å². The van der Waals surface area contributed by atoms with Crippen molar-refractivity contribution in [1.82, 2.24) is 20.0 Å². The zero-order chi connectivity index (χ0) is 19.1. The quantitative estimate of drug-likeness (QED) is 0.770. The SMILES string of the molecule is O=C1C(=O)N(C2CCC2)C2CCCC2N1Cc1ccc(-c2ccccc2)nn1. The number of carbonyl (C=O) groups excluding carboxylic acids is 2. The Balaban J connectivity index is 1.36. The summed E-state index contributed by atoms with van der Waals surface area (Å²) in [4.78, 5) is 29.4. The molecule has 2 unspecified atom stereocenters. The molecular formula is C22H24N4O2. The molecule has 2 aliphatic carbocycles. The van der Waals surface area contributed by atoms with Crippen molar-refractivity contribution in [3.8, 4) is 11.3 Å². The van der Waals surface area contributed by atoms with Crippen LogP contribution in [-0.2, 0) is 16.1 Å². The van der Waals surface area contributed by atoms with Crippen LogP contribution in [0.3, 0.4) is 0 Å².